The van der Waals surface area contributed by atoms with Gasteiger partial charge in [0.1, 0.15) is 5.15 Å². The van der Waals surface area contributed by atoms with E-state index in [2.05, 4.69) is 34.3 Å². The summed E-state index contributed by atoms with van der Waals surface area (Å²) in [6.07, 6.45) is 0.105. The number of halogens is 1. The van der Waals surface area contributed by atoms with E-state index in [0.717, 1.165) is 43.2 Å². The van der Waals surface area contributed by atoms with E-state index in [1.165, 1.54) is 5.56 Å². The van der Waals surface area contributed by atoms with Crippen molar-refractivity contribution in [1.29, 1.82) is 0 Å². The summed E-state index contributed by atoms with van der Waals surface area (Å²) in [6, 6.07) is 20.4. The molecule has 2 heterocycles. The van der Waals surface area contributed by atoms with Crippen LogP contribution in [0.3, 0.4) is 0 Å². The molecule has 1 aliphatic rings. The molecule has 1 saturated heterocycles. The van der Waals surface area contributed by atoms with Crippen LogP contribution >= 0.6 is 11.6 Å². The molecule has 4 rings (SSSR count). The Bertz CT molecular complexity index is 864. The number of hydrogen-bond donors (Lipinski definition) is 0. The van der Waals surface area contributed by atoms with Crippen molar-refractivity contribution in [2.75, 3.05) is 19.7 Å². The Hall–Kier alpha value is -2.14. The predicted molar refractivity (Wildman–Crippen MR) is 104 cm³/mol. The SMILES string of the molecule is Cc1nn(-c2ccccc2)c(Cl)c1CN1CCO[C@@H](c2ccccc2)C1. The van der Waals surface area contributed by atoms with Gasteiger partial charge in [0, 0.05) is 25.2 Å². The van der Waals surface area contributed by atoms with E-state index in [1.807, 2.05) is 48.0 Å². The molecule has 0 spiro atoms. The molecule has 0 saturated carbocycles. The van der Waals surface area contributed by atoms with Gasteiger partial charge in [0.2, 0.25) is 0 Å². The number of rotatable bonds is 4. The second kappa shape index (κ2) is 7.62. The van der Waals surface area contributed by atoms with Crippen molar-refractivity contribution in [3.8, 4) is 5.69 Å². The largest absolute Gasteiger partial charge is 0.371 e. The monoisotopic (exact) mass is 367 g/mol. The zero-order valence-corrected chi connectivity index (χ0v) is 15.6. The third kappa shape index (κ3) is 3.54. The lowest BCUT2D eigenvalue weighted by atomic mass is 10.1. The van der Waals surface area contributed by atoms with Gasteiger partial charge in [-0.2, -0.15) is 5.10 Å². The molecular formula is C21H22ClN3O. The summed E-state index contributed by atoms with van der Waals surface area (Å²) < 4.78 is 7.79. The maximum Gasteiger partial charge on any atom is 0.137 e. The summed E-state index contributed by atoms with van der Waals surface area (Å²) in [5, 5.41) is 5.34. The van der Waals surface area contributed by atoms with Gasteiger partial charge in [0.15, 0.2) is 0 Å². The quantitative estimate of drug-likeness (QED) is 0.684. The summed E-state index contributed by atoms with van der Waals surface area (Å²) in [4.78, 5) is 2.40. The predicted octanol–water partition coefficient (Wildman–Crippen LogP) is 4.41. The molecule has 1 aliphatic heterocycles. The molecule has 2 aromatic carbocycles. The summed E-state index contributed by atoms with van der Waals surface area (Å²) >= 11 is 6.68. The van der Waals surface area contributed by atoms with Crippen LogP contribution in [0.4, 0.5) is 0 Å². The molecule has 0 bridgehead atoms. The van der Waals surface area contributed by atoms with E-state index in [9.17, 15) is 0 Å². The number of aromatic nitrogens is 2. The van der Waals surface area contributed by atoms with Crippen molar-refractivity contribution >= 4 is 11.6 Å². The molecule has 0 N–H and O–H groups in total. The van der Waals surface area contributed by atoms with Crippen LogP contribution < -0.4 is 0 Å². The van der Waals surface area contributed by atoms with E-state index < -0.39 is 0 Å². The van der Waals surface area contributed by atoms with Crippen molar-refractivity contribution in [3.05, 3.63) is 82.6 Å². The van der Waals surface area contributed by atoms with Crippen molar-refractivity contribution < 1.29 is 4.74 Å². The highest BCUT2D eigenvalue weighted by Gasteiger charge is 2.24. The smallest absolute Gasteiger partial charge is 0.137 e. The Morgan fingerprint density at radius 1 is 1.08 bits per heavy atom. The maximum absolute atomic E-state index is 6.68. The number of hydrogen-bond acceptors (Lipinski definition) is 3. The van der Waals surface area contributed by atoms with Gasteiger partial charge in [-0.25, -0.2) is 4.68 Å². The molecule has 3 aromatic rings. The fraction of sp³-hybridized carbons (Fsp3) is 0.286. The third-order valence-electron chi connectivity index (χ3n) is 4.83. The summed E-state index contributed by atoms with van der Waals surface area (Å²) in [7, 11) is 0. The molecule has 5 heteroatoms. The van der Waals surface area contributed by atoms with Gasteiger partial charge in [0.25, 0.3) is 0 Å². The number of nitrogens with zero attached hydrogens (tertiary/aromatic N) is 3. The minimum Gasteiger partial charge on any atom is -0.371 e. The van der Waals surface area contributed by atoms with Gasteiger partial charge < -0.3 is 4.74 Å². The summed E-state index contributed by atoms with van der Waals surface area (Å²) in [5.41, 5.74) is 4.27. The fourth-order valence-electron chi connectivity index (χ4n) is 3.39. The van der Waals surface area contributed by atoms with Crippen LogP contribution in [0, 0.1) is 6.92 Å². The Morgan fingerprint density at radius 3 is 2.50 bits per heavy atom. The normalized spacial score (nSPS) is 18.2. The van der Waals surface area contributed by atoms with Crippen LogP contribution in [-0.4, -0.2) is 34.4 Å². The molecule has 0 amide bonds. The fourth-order valence-corrected chi connectivity index (χ4v) is 3.72. The molecular weight excluding hydrogens is 346 g/mol. The Labute approximate surface area is 159 Å². The Balaban J connectivity index is 1.53. The first-order valence-corrected chi connectivity index (χ1v) is 9.28. The van der Waals surface area contributed by atoms with Crippen LogP contribution in [0.25, 0.3) is 5.69 Å². The highest BCUT2D eigenvalue weighted by Crippen LogP contribution is 2.28. The van der Waals surface area contributed by atoms with Gasteiger partial charge in [-0.15, -0.1) is 0 Å². The lowest BCUT2D eigenvalue weighted by molar-refractivity contribution is -0.0329. The lowest BCUT2D eigenvalue weighted by Gasteiger charge is -2.33. The zero-order chi connectivity index (χ0) is 17.9. The van der Waals surface area contributed by atoms with E-state index in [1.54, 1.807) is 0 Å². The van der Waals surface area contributed by atoms with Gasteiger partial charge in [0.05, 0.1) is 24.1 Å². The molecule has 134 valence electrons. The first-order valence-electron chi connectivity index (χ1n) is 8.90. The minimum atomic E-state index is 0.105. The van der Waals surface area contributed by atoms with Gasteiger partial charge >= 0.3 is 0 Å². The van der Waals surface area contributed by atoms with E-state index >= 15 is 0 Å². The second-order valence-corrected chi connectivity index (χ2v) is 6.97. The summed E-state index contributed by atoms with van der Waals surface area (Å²) in [5.74, 6) is 0. The van der Waals surface area contributed by atoms with Gasteiger partial charge in [-0.1, -0.05) is 60.1 Å². The van der Waals surface area contributed by atoms with Gasteiger partial charge in [-0.3, -0.25) is 4.90 Å². The topological polar surface area (TPSA) is 30.3 Å². The third-order valence-corrected chi connectivity index (χ3v) is 5.21. The first-order chi connectivity index (χ1) is 12.7. The first kappa shape index (κ1) is 17.3. The van der Waals surface area contributed by atoms with E-state index in [4.69, 9.17) is 16.3 Å². The standard InChI is InChI=1S/C21H22ClN3O/c1-16-19(21(22)25(23-16)18-10-6-3-7-11-18)14-24-12-13-26-20(15-24)17-8-4-2-5-9-17/h2-11,20H,12-15H2,1H3/t20-/m1/s1. The minimum absolute atomic E-state index is 0.105. The van der Waals surface area contributed by atoms with Crippen molar-refractivity contribution in [3.63, 3.8) is 0 Å². The highest BCUT2D eigenvalue weighted by molar-refractivity contribution is 6.30. The van der Waals surface area contributed by atoms with E-state index in [0.29, 0.717) is 5.15 Å². The number of benzene rings is 2. The van der Waals surface area contributed by atoms with Crippen LogP contribution in [0.2, 0.25) is 5.15 Å². The molecule has 1 fully saturated rings. The average molecular weight is 368 g/mol. The molecule has 26 heavy (non-hydrogen) atoms. The summed E-state index contributed by atoms with van der Waals surface area (Å²) in [6.45, 7) is 5.29. The zero-order valence-electron chi connectivity index (χ0n) is 14.8. The average Bonchev–Trinajstić information content (AvgIpc) is 2.98. The highest BCUT2D eigenvalue weighted by atomic mass is 35.5. The number of aryl methyl sites for hydroxylation is 1. The Morgan fingerprint density at radius 2 is 1.77 bits per heavy atom. The van der Waals surface area contributed by atoms with Crippen molar-refractivity contribution in [2.45, 2.75) is 19.6 Å². The second-order valence-electron chi connectivity index (χ2n) is 6.61. The van der Waals surface area contributed by atoms with Crippen molar-refractivity contribution in [1.82, 2.24) is 14.7 Å². The van der Waals surface area contributed by atoms with Gasteiger partial charge in [-0.05, 0) is 24.6 Å². The van der Waals surface area contributed by atoms with E-state index in [-0.39, 0.29) is 6.10 Å². The van der Waals surface area contributed by atoms with Crippen LogP contribution in [0.5, 0.6) is 0 Å². The maximum atomic E-state index is 6.68. The molecule has 0 radical (unpaired) electrons. The number of morpholine rings is 1. The van der Waals surface area contributed by atoms with Crippen molar-refractivity contribution in [2.24, 2.45) is 0 Å². The molecule has 1 atom stereocenters. The molecule has 4 nitrogen and oxygen atoms in total. The lowest BCUT2D eigenvalue weighted by Crippen LogP contribution is -2.37. The van der Waals surface area contributed by atoms with Crippen LogP contribution in [-0.2, 0) is 11.3 Å². The molecule has 0 unspecified atom stereocenters. The number of para-hydroxylation sites is 1. The molecule has 0 aliphatic carbocycles. The Kier molecular flexibility index (Phi) is 5.07. The number of ether oxygens (including phenoxy) is 1. The van der Waals surface area contributed by atoms with Crippen LogP contribution in [0.15, 0.2) is 60.7 Å². The molecule has 1 aromatic heterocycles. The van der Waals surface area contributed by atoms with Crippen LogP contribution in [0.1, 0.15) is 22.9 Å².